The zero-order valence-electron chi connectivity index (χ0n) is 17.7. The third kappa shape index (κ3) is 5.78. The zero-order chi connectivity index (χ0) is 25.0. The molecule has 4 rings (SSSR count). The van der Waals surface area contributed by atoms with Gasteiger partial charge < -0.3 is 20.6 Å². The second-order valence-corrected chi connectivity index (χ2v) is 7.14. The number of carboxylic acid groups (broad SMARTS) is 1. The number of nitrogens with one attached hydrogen (secondary N) is 2. The average Bonchev–Trinajstić information content (AvgIpc) is 3.37. The number of anilines is 2. The molecular formula is C19H20F5N7O3. The molecule has 1 fully saturated rings. The standard InChI is InChI=1S/C17H19F2N7O.C2HF3O2/c1-24-10-12(15(23-24)16(18)19)21-17(27)13-4-2-11-3-5-14(22-26(11)13)25-8-6-20-7-9-25;3-2(4,5)1(6)7/h2-5,10,16,20H,6-9H2,1H3,(H,21,27);(H,6,7). The van der Waals surface area contributed by atoms with E-state index in [2.05, 4.69) is 25.7 Å². The smallest absolute Gasteiger partial charge is 0.475 e. The summed E-state index contributed by atoms with van der Waals surface area (Å²) in [6.45, 7) is 3.40. The summed E-state index contributed by atoms with van der Waals surface area (Å²) < 4.78 is 60.7. The summed E-state index contributed by atoms with van der Waals surface area (Å²) in [6.07, 6.45) is -6.50. The van der Waals surface area contributed by atoms with Crippen molar-refractivity contribution in [2.24, 2.45) is 7.05 Å². The molecule has 1 amide bonds. The lowest BCUT2D eigenvalue weighted by Crippen LogP contribution is -2.44. The molecule has 0 radical (unpaired) electrons. The van der Waals surface area contributed by atoms with Gasteiger partial charge in [-0.25, -0.2) is 18.1 Å². The number of aliphatic carboxylic acids is 1. The molecule has 10 nitrogen and oxygen atoms in total. The Morgan fingerprint density at radius 3 is 2.32 bits per heavy atom. The van der Waals surface area contributed by atoms with Gasteiger partial charge in [-0.3, -0.25) is 9.48 Å². The molecule has 1 saturated heterocycles. The number of hydrogen-bond acceptors (Lipinski definition) is 6. The Bertz CT molecular complexity index is 1170. The maximum atomic E-state index is 13.1. The number of carboxylic acids is 1. The predicted molar refractivity (Wildman–Crippen MR) is 110 cm³/mol. The van der Waals surface area contributed by atoms with Gasteiger partial charge in [0.05, 0.1) is 11.2 Å². The van der Waals surface area contributed by atoms with Crippen molar-refractivity contribution in [1.29, 1.82) is 0 Å². The van der Waals surface area contributed by atoms with E-state index in [0.717, 1.165) is 37.5 Å². The van der Waals surface area contributed by atoms with E-state index in [0.29, 0.717) is 0 Å². The highest BCUT2D eigenvalue weighted by molar-refractivity contribution is 6.04. The molecule has 0 atom stereocenters. The van der Waals surface area contributed by atoms with Crippen LogP contribution >= 0.6 is 0 Å². The first-order valence-electron chi connectivity index (χ1n) is 9.85. The van der Waals surface area contributed by atoms with Crippen LogP contribution in [0.2, 0.25) is 0 Å². The van der Waals surface area contributed by atoms with Crippen molar-refractivity contribution >= 4 is 28.9 Å². The summed E-state index contributed by atoms with van der Waals surface area (Å²) >= 11 is 0. The fourth-order valence-electron chi connectivity index (χ4n) is 3.16. The van der Waals surface area contributed by atoms with Gasteiger partial charge in [-0.2, -0.15) is 18.3 Å². The first-order valence-corrected chi connectivity index (χ1v) is 9.85. The molecule has 34 heavy (non-hydrogen) atoms. The first-order chi connectivity index (χ1) is 16.0. The molecule has 0 saturated carbocycles. The van der Waals surface area contributed by atoms with E-state index >= 15 is 0 Å². The van der Waals surface area contributed by atoms with Crippen molar-refractivity contribution in [2.75, 3.05) is 36.4 Å². The number of aromatic nitrogens is 4. The highest BCUT2D eigenvalue weighted by atomic mass is 19.4. The minimum atomic E-state index is -5.08. The van der Waals surface area contributed by atoms with Crippen molar-refractivity contribution in [3.8, 4) is 0 Å². The van der Waals surface area contributed by atoms with Gasteiger partial charge in [-0.05, 0) is 24.3 Å². The second-order valence-electron chi connectivity index (χ2n) is 7.14. The van der Waals surface area contributed by atoms with Gasteiger partial charge in [0, 0.05) is 39.4 Å². The number of aryl methyl sites for hydroxylation is 1. The van der Waals surface area contributed by atoms with E-state index in [-0.39, 0.29) is 11.4 Å². The molecule has 184 valence electrons. The molecule has 0 bridgehead atoms. The van der Waals surface area contributed by atoms with Crippen LogP contribution in [0.25, 0.3) is 5.52 Å². The number of hydrogen-bond donors (Lipinski definition) is 3. The van der Waals surface area contributed by atoms with Gasteiger partial charge in [-0.1, -0.05) is 0 Å². The normalized spacial score (nSPS) is 14.1. The van der Waals surface area contributed by atoms with E-state index in [1.807, 2.05) is 12.1 Å². The van der Waals surface area contributed by atoms with E-state index < -0.39 is 30.2 Å². The minimum Gasteiger partial charge on any atom is -0.475 e. The Morgan fingerprint density at radius 2 is 1.74 bits per heavy atom. The number of carbonyl (C=O) groups is 2. The summed E-state index contributed by atoms with van der Waals surface area (Å²) in [4.78, 5) is 23.7. The number of alkyl halides is 5. The van der Waals surface area contributed by atoms with E-state index in [1.54, 1.807) is 12.1 Å². The Hall–Kier alpha value is -3.75. The fourth-order valence-corrected chi connectivity index (χ4v) is 3.16. The molecule has 3 N–H and O–H groups in total. The average molecular weight is 489 g/mol. The van der Waals surface area contributed by atoms with Crippen LogP contribution in [-0.2, 0) is 11.8 Å². The number of piperazine rings is 1. The molecule has 15 heteroatoms. The lowest BCUT2D eigenvalue weighted by atomic mass is 10.3. The summed E-state index contributed by atoms with van der Waals surface area (Å²) in [7, 11) is 1.52. The van der Waals surface area contributed by atoms with Gasteiger partial charge in [0.15, 0.2) is 5.69 Å². The van der Waals surface area contributed by atoms with E-state index in [9.17, 15) is 26.7 Å². The van der Waals surface area contributed by atoms with Crippen LogP contribution in [0.3, 0.4) is 0 Å². The van der Waals surface area contributed by atoms with Gasteiger partial charge >= 0.3 is 12.1 Å². The Labute approximate surface area is 188 Å². The Balaban J connectivity index is 0.000000406. The summed E-state index contributed by atoms with van der Waals surface area (Å²) in [5.74, 6) is -2.51. The second kappa shape index (κ2) is 10.0. The lowest BCUT2D eigenvalue weighted by Gasteiger charge is -2.28. The zero-order valence-corrected chi connectivity index (χ0v) is 17.7. The van der Waals surface area contributed by atoms with Gasteiger partial charge in [0.2, 0.25) is 0 Å². The van der Waals surface area contributed by atoms with Crippen LogP contribution in [0.15, 0.2) is 30.5 Å². The summed E-state index contributed by atoms with van der Waals surface area (Å²) in [5.41, 5.74) is 0.553. The highest BCUT2D eigenvalue weighted by Crippen LogP contribution is 2.26. The van der Waals surface area contributed by atoms with Crippen LogP contribution in [0.4, 0.5) is 33.5 Å². The van der Waals surface area contributed by atoms with Crippen molar-refractivity contribution < 1.29 is 36.6 Å². The number of carbonyl (C=O) groups excluding carboxylic acids is 1. The molecule has 0 spiro atoms. The SMILES string of the molecule is Cn1cc(NC(=O)c2ccc3ccc(N4CCNCC4)nn23)c(C(F)F)n1.O=C(O)C(F)(F)F. The first kappa shape index (κ1) is 24.9. The van der Waals surface area contributed by atoms with Gasteiger partial charge in [0.1, 0.15) is 11.5 Å². The van der Waals surface area contributed by atoms with Gasteiger partial charge in [-0.15, -0.1) is 5.10 Å². The molecule has 1 aliphatic heterocycles. The molecule has 3 aromatic heterocycles. The van der Waals surface area contributed by atoms with Crippen LogP contribution < -0.4 is 15.5 Å². The van der Waals surface area contributed by atoms with Crippen molar-refractivity contribution in [1.82, 2.24) is 24.7 Å². The fraction of sp³-hybridized carbons (Fsp3) is 0.368. The summed E-state index contributed by atoms with van der Waals surface area (Å²) in [5, 5.41) is 21.2. The lowest BCUT2D eigenvalue weighted by molar-refractivity contribution is -0.192. The Kier molecular flexibility index (Phi) is 7.34. The number of amides is 1. The van der Waals surface area contributed by atoms with Crippen LogP contribution in [0, 0.1) is 0 Å². The number of nitrogens with zero attached hydrogens (tertiary/aromatic N) is 5. The number of fused-ring (bicyclic) bond motifs is 1. The number of halogens is 5. The molecular weight excluding hydrogens is 469 g/mol. The minimum absolute atomic E-state index is 0.00860. The largest absolute Gasteiger partial charge is 0.490 e. The third-order valence-electron chi connectivity index (χ3n) is 4.72. The quantitative estimate of drug-likeness (QED) is 0.482. The predicted octanol–water partition coefficient (Wildman–Crippen LogP) is 2.30. The monoisotopic (exact) mass is 489 g/mol. The molecule has 0 aliphatic carbocycles. The van der Waals surface area contributed by atoms with Crippen molar-refractivity contribution in [3.05, 3.63) is 41.9 Å². The molecule has 0 unspecified atom stereocenters. The van der Waals surface area contributed by atoms with Crippen LogP contribution in [0.1, 0.15) is 22.6 Å². The maximum absolute atomic E-state index is 13.1. The molecule has 4 heterocycles. The highest BCUT2D eigenvalue weighted by Gasteiger charge is 2.38. The number of rotatable bonds is 4. The van der Waals surface area contributed by atoms with E-state index in [4.69, 9.17) is 9.90 Å². The van der Waals surface area contributed by atoms with Crippen LogP contribution in [-0.4, -0.2) is 68.7 Å². The summed E-state index contributed by atoms with van der Waals surface area (Å²) in [6, 6.07) is 7.19. The van der Waals surface area contributed by atoms with Gasteiger partial charge in [0.25, 0.3) is 12.3 Å². The van der Waals surface area contributed by atoms with Crippen molar-refractivity contribution in [2.45, 2.75) is 12.6 Å². The molecule has 3 aromatic rings. The maximum Gasteiger partial charge on any atom is 0.490 e. The molecule has 0 aromatic carbocycles. The third-order valence-corrected chi connectivity index (χ3v) is 4.72. The van der Waals surface area contributed by atoms with E-state index in [1.165, 1.54) is 22.4 Å². The molecule has 1 aliphatic rings. The van der Waals surface area contributed by atoms with Crippen LogP contribution in [0.5, 0.6) is 0 Å². The van der Waals surface area contributed by atoms with Crippen molar-refractivity contribution in [3.63, 3.8) is 0 Å². The topological polar surface area (TPSA) is 117 Å². The Morgan fingerprint density at radius 1 is 1.12 bits per heavy atom.